The Hall–Kier alpha value is -1.02. The minimum absolute atomic E-state index is 0.622. The molecule has 0 amide bonds. The lowest BCUT2D eigenvalue weighted by atomic mass is 10.1. The van der Waals surface area contributed by atoms with Gasteiger partial charge in [-0.2, -0.15) is 0 Å². The molecule has 0 spiro atoms. The molecule has 1 heterocycles. The van der Waals surface area contributed by atoms with Crippen LogP contribution in [0.3, 0.4) is 0 Å². The van der Waals surface area contributed by atoms with E-state index in [4.69, 9.17) is 0 Å². The molecule has 1 N–H and O–H groups in total. The van der Waals surface area contributed by atoms with Crippen molar-refractivity contribution in [1.82, 2.24) is 4.90 Å². The number of aryl methyl sites for hydroxylation is 2. The molecule has 1 aliphatic rings. The molecule has 1 fully saturated rings. The summed E-state index contributed by atoms with van der Waals surface area (Å²) in [5.74, 6) is 0. The van der Waals surface area contributed by atoms with Gasteiger partial charge in [0, 0.05) is 18.3 Å². The van der Waals surface area contributed by atoms with E-state index in [2.05, 4.69) is 49.3 Å². The zero-order chi connectivity index (χ0) is 10.8. The smallest absolute Gasteiger partial charge is 0.0400 e. The molecular formula is C13H20N2. The van der Waals surface area contributed by atoms with Crippen molar-refractivity contribution in [2.24, 2.45) is 0 Å². The zero-order valence-corrected chi connectivity index (χ0v) is 9.88. The molecule has 1 aliphatic heterocycles. The first-order valence-corrected chi connectivity index (χ1v) is 5.67. The molecule has 0 saturated carbocycles. The number of anilines is 1. The lowest BCUT2D eigenvalue weighted by Gasteiger charge is -2.15. The van der Waals surface area contributed by atoms with E-state index in [0.717, 1.165) is 6.54 Å². The van der Waals surface area contributed by atoms with Gasteiger partial charge in [0.2, 0.25) is 0 Å². The highest BCUT2D eigenvalue weighted by atomic mass is 15.2. The van der Waals surface area contributed by atoms with Crippen LogP contribution in [0.25, 0.3) is 0 Å². The highest BCUT2D eigenvalue weighted by Crippen LogP contribution is 2.18. The number of nitrogens with one attached hydrogen (secondary N) is 1. The lowest BCUT2D eigenvalue weighted by Crippen LogP contribution is -2.23. The fourth-order valence-corrected chi connectivity index (χ4v) is 2.12. The minimum atomic E-state index is 0.622. The van der Waals surface area contributed by atoms with Crippen LogP contribution in [0.2, 0.25) is 0 Å². The number of rotatable bonds is 2. The van der Waals surface area contributed by atoms with Crippen molar-refractivity contribution in [3.63, 3.8) is 0 Å². The van der Waals surface area contributed by atoms with E-state index in [1.165, 1.54) is 29.8 Å². The van der Waals surface area contributed by atoms with Crippen LogP contribution in [-0.4, -0.2) is 31.1 Å². The molecule has 2 heteroatoms. The van der Waals surface area contributed by atoms with Crippen LogP contribution in [0.15, 0.2) is 18.2 Å². The maximum Gasteiger partial charge on any atom is 0.0400 e. The van der Waals surface area contributed by atoms with E-state index in [1.54, 1.807) is 0 Å². The van der Waals surface area contributed by atoms with E-state index in [-0.39, 0.29) is 0 Å². The second kappa shape index (κ2) is 4.23. The van der Waals surface area contributed by atoms with Gasteiger partial charge in [-0.25, -0.2) is 0 Å². The largest absolute Gasteiger partial charge is 0.381 e. The number of likely N-dealkylation sites (tertiary alicyclic amines) is 1. The van der Waals surface area contributed by atoms with Gasteiger partial charge in [0.15, 0.2) is 0 Å². The Bertz CT molecular complexity index is 346. The second-order valence-corrected chi connectivity index (χ2v) is 4.69. The predicted molar refractivity (Wildman–Crippen MR) is 65.4 cm³/mol. The second-order valence-electron chi connectivity index (χ2n) is 4.69. The van der Waals surface area contributed by atoms with Crippen LogP contribution in [0, 0.1) is 13.8 Å². The van der Waals surface area contributed by atoms with Gasteiger partial charge in [-0.3, -0.25) is 0 Å². The van der Waals surface area contributed by atoms with Gasteiger partial charge in [0.05, 0.1) is 0 Å². The first kappa shape index (κ1) is 10.5. The number of benzene rings is 1. The molecule has 0 bridgehead atoms. The molecule has 2 rings (SSSR count). The summed E-state index contributed by atoms with van der Waals surface area (Å²) < 4.78 is 0. The number of hydrogen-bond acceptors (Lipinski definition) is 2. The van der Waals surface area contributed by atoms with Crippen LogP contribution < -0.4 is 5.32 Å². The molecule has 0 aromatic heterocycles. The van der Waals surface area contributed by atoms with Crippen molar-refractivity contribution in [2.45, 2.75) is 26.3 Å². The van der Waals surface area contributed by atoms with E-state index < -0.39 is 0 Å². The molecule has 1 aromatic rings. The summed E-state index contributed by atoms with van der Waals surface area (Å²) in [5.41, 5.74) is 3.99. The number of nitrogens with zero attached hydrogens (tertiary/aromatic N) is 1. The monoisotopic (exact) mass is 204 g/mol. The Kier molecular flexibility index (Phi) is 2.96. The van der Waals surface area contributed by atoms with Crippen molar-refractivity contribution in [2.75, 3.05) is 25.5 Å². The average Bonchev–Trinajstić information content (AvgIpc) is 2.58. The maximum absolute atomic E-state index is 3.60. The van der Waals surface area contributed by atoms with Crippen LogP contribution in [0.5, 0.6) is 0 Å². The van der Waals surface area contributed by atoms with E-state index >= 15 is 0 Å². The van der Waals surface area contributed by atoms with E-state index in [9.17, 15) is 0 Å². The maximum atomic E-state index is 3.60. The quantitative estimate of drug-likeness (QED) is 0.796. The van der Waals surface area contributed by atoms with Gasteiger partial charge in [-0.1, -0.05) is 6.07 Å². The van der Waals surface area contributed by atoms with Crippen molar-refractivity contribution < 1.29 is 0 Å². The summed E-state index contributed by atoms with van der Waals surface area (Å²) in [6, 6.07) is 7.24. The molecule has 0 aliphatic carbocycles. The fraction of sp³-hybridized carbons (Fsp3) is 0.538. The fourth-order valence-electron chi connectivity index (χ4n) is 2.12. The number of hydrogen-bond donors (Lipinski definition) is 1. The summed E-state index contributed by atoms with van der Waals surface area (Å²) in [4.78, 5) is 2.37. The van der Waals surface area contributed by atoms with Crippen molar-refractivity contribution >= 4 is 5.69 Å². The standard InChI is InChI=1S/C13H20N2/c1-10-4-5-12(8-11(10)2)14-13-6-7-15(3)9-13/h4-5,8,13-14H,6-7,9H2,1-3H3. The van der Waals surface area contributed by atoms with Crippen LogP contribution in [-0.2, 0) is 0 Å². The predicted octanol–water partition coefficient (Wildman–Crippen LogP) is 2.42. The Morgan fingerprint density at radius 2 is 2.07 bits per heavy atom. The van der Waals surface area contributed by atoms with Crippen LogP contribution >= 0.6 is 0 Å². The van der Waals surface area contributed by atoms with Gasteiger partial charge in [-0.05, 0) is 57.1 Å². The zero-order valence-electron chi connectivity index (χ0n) is 9.88. The molecule has 82 valence electrons. The number of likely N-dealkylation sites (N-methyl/N-ethyl adjacent to an activating group) is 1. The van der Waals surface area contributed by atoms with Crippen molar-refractivity contribution in [3.05, 3.63) is 29.3 Å². The van der Waals surface area contributed by atoms with Gasteiger partial charge in [-0.15, -0.1) is 0 Å². The van der Waals surface area contributed by atoms with Gasteiger partial charge < -0.3 is 10.2 Å². The third kappa shape index (κ3) is 2.51. The molecule has 1 saturated heterocycles. The lowest BCUT2D eigenvalue weighted by molar-refractivity contribution is 0.414. The SMILES string of the molecule is Cc1ccc(NC2CCN(C)C2)cc1C. The van der Waals surface area contributed by atoms with Gasteiger partial charge >= 0.3 is 0 Å². The van der Waals surface area contributed by atoms with Crippen LogP contribution in [0.1, 0.15) is 17.5 Å². The first-order chi connectivity index (χ1) is 7.15. The molecule has 15 heavy (non-hydrogen) atoms. The molecule has 1 atom stereocenters. The average molecular weight is 204 g/mol. The topological polar surface area (TPSA) is 15.3 Å². The highest BCUT2D eigenvalue weighted by molar-refractivity contribution is 5.48. The normalized spacial score (nSPS) is 21.9. The van der Waals surface area contributed by atoms with Crippen LogP contribution in [0.4, 0.5) is 5.69 Å². The third-order valence-corrected chi connectivity index (χ3v) is 3.27. The first-order valence-electron chi connectivity index (χ1n) is 5.67. The summed E-state index contributed by atoms with van der Waals surface area (Å²) in [6.45, 7) is 6.69. The Balaban J connectivity index is 2.02. The third-order valence-electron chi connectivity index (χ3n) is 3.27. The van der Waals surface area contributed by atoms with Crippen molar-refractivity contribution in [3.8, 4) is 0 Å². The molecule has 2 nitrogen and oxygen atoms in total. The summed E-state index contributed by atoms with van der Waals surface area (Å²) in [7, 11) is 2.18. The molecule has 1 aromatic carbocycles. The van der Waals surface area contributed by atoms with Gasteiger partial charge in [0.1, 0.15) is 0 Å². The summed E-state index contributed by atoms with van der Waals surface area (Å²) in [5, 5.41) is 3.60. The Labute approximate surface area is 92.3 Å². The van der Waals surface area contributed by atoms with Gasteiger partial charge in [0.25, 0.3) is 0 Å². The molecular weight excluding hydrogens is 184 g/mol. The Morgan fingerprint density at radius 1 is 1.27 bits per heavy atom. The van der Waals surface area contributed by atoms with E-state index in [1.807, 2.05) is 0 Å². The molecule has 1 unspecified atom stereocenters. The Morgan fingerprint density at radius 3 is 2.67 bits per heavy atom. The van der Waals surface area contributed by atoms with E-state index in [0.29, 0.717) is 6.04 Å². The molecule has 0 radical (unpaired) electrons. The minimum Gasteiger partial charge on any atom is -0.381 e. The summed E-state index contributed by atoms with van der Waals surface area (Å²) in [6.07, 6.45) is 1.25. The van der Waals surface area contributed by atoms with Crippen molar-refractivity contribution in [1.29, 1.82) is 0 Å². The summed E-state index contributed by atoms with van der Waals surface area (Å²) >= 11 is 0. The highest BCUT2D eigenvalue weighted by Gasteiger charge is 2.18.